The van der Waals surface area contributed by atoms with Gasteiger partial charge in [-0.15, -0.1) is 21.5 Å². The predicted molar refractivity (Wildman–Crippen MR) is 150 cm³/mol. The van der Waals surface area contributed by atoms with Crippen LogP contribution in [0, 0.1) is 0 Å². The molecule has 5 aromatic rings. The van der Waals surface area contributed by atoms with Crippen LogP contribution in [-0.4, -0.2) is 25.7 Å². The lowest BCUT2D eigenvalue weighted by Crippen LogP contribution is -2.23. The van der Waals surface area contributed by atoms with Crippen molar-refractivity contribution < 1.29 is 4.79 Å². The van der Waals surface area contributed by atoms with Gasteiger partial charge in [-0.25, -0.2) is 4.98 Å². The third-order valence-electron chi connectivity index (χ3n) is 5.47. The fraction of sp³-hybridized carbons (Fsp3) is 0.111. The van der Waals surface area contributed by atoms with Crippen LogP contribution in [0.3, 0.4) is 0 Å². The normalized spacial score (nSPS) is 11.0. The molecule has 0 aliphatic heterocycles. The van der Waals surface area contributed by atoms with E-state index < -0.39 is 0 Å². The number of aromatic nitrogens is 4. The van der Waals surface area contributed by atoms with Gasteiger partial charge in [-0.3, -0.25) is 9.36 Å². The fourth-order valence-corrected chi connectivity index (χ4v) is 5.70. The van der Waals surface area contributed by atoms with Crippen molar-refractivity contribution in [1.82, 2.24) is 25.1 Å². The van der Waals surface area contributed by atoms with Crippen LogP contribution in [0.25, 0.3) is 5.69 Å². The second kappa shape index (κ2) is 11.9. The molecule has 3 aromatic carbocycles. The van der Waals surface area contributed by atoms with Crippen molar-refractivity contribution >= 4 is 52.2 Å². The molecule has 0 atom stereocenters. The smallest absolute Gasteiger partial charge is 0.271 e. The van der Waals surface area contributed by atoms with Crippen LogP contribution in [0.5, 0.6) is 0 Å². The number of carbonyl (C=O) groups excluding carboxylic acids is 1. The minimum absolute atomic E-state index is 0.194. The maximum absolute atomic E-state index is 12.6. The number of halogens is 2. The lowest BCUT2D eigenvalue weighted by molar-refractivity contribution is 0.0946. The van der Waals surface area contributed by atoms with E-state index in [4.69, 9.17) is 23.2 Å². The molecule has 0 radical (unpaired) electrons. The van der Waals surface area contributed by atoms with Crippen LogP contribution in [0.1, 0.15) is 32.4 Å². The standard InChI is InChI=1S/C27H21Cl2N5OS2/c28-21-12-11-20(14-22(21)29)34-24(13-18-7-3-1-4-8-18)32-33-27(34)37-17-25-31-23(16-36-25)26(35)30-15-19-9-5-2-6-10-19/h1-12,14,16H,13,15,17H2,(H,30,35). The largest absolute Gasteiger partial charge is 0.347 e. The van der Waals surface area contributed by atoms with Crippen LogP contribution >= 0.6 is 46.3 Å². The Bertz CT molecular complexity index is 1510. The average molecular weight is 567 g/mol. The molecular formula is C27H21Cl2N5OS2. The van der Waals surface area contributed by atoms with Crippen molar-refractivity contribution in [3.05, 3.63) is 122 Å². The molecule has 0 saturated carbocycles. The third kappa shape index (κ3) is 6.40. The molecule has 1 N–H and O–H groups in total. The monoisotopic (exact) mass is 565 g/mol. The summed E-state index contributed by atoms with van der Waals surface area (Å²) in [5, 5.41) is 16.1. The van der Waals surface area contributed by atoms with Gasteiger partial charge in [-0.1, -0.05) is 95.6 Å². The van der Waals surface area contributed by atoms with Crippen molar-refractivity contribution in [3.8, 4) is 5.69 Å². The van der Waals surface area contributed by atoms with Crippen LogP contribution in [0.2, 0.25) is 10.0 Å². The summed E-state index contributed by atoms with van der Waals surface area (Å²) in [6.07, 6.45) is 0.609. The summed E-state index contributed by atoms with van der Waals surface area (Å²) in [5.74, 6) is 1.13. The predicted octanol–water partition coefficient (Wildman–Crippen LogP) is 6.84. The zero-order chi connectivity index (χ0) is 25.6. The van der Waals surface area contributed by atoms with E-state index in [1.54, 1.807) is 11.4 Å². The summed E-state index contributed by atoms with van der Waals surface area (Å²) in [6, 6.07) is 25.4. The second-order valence-electron chi connectivity index (χ2n) is 8.08. The molecule has 5 rings (SSSR count). The average Bonchev–Trinajstić information content (AvgIpc) is 3.56. The number of amides is 1. The van der Waals surface area contributed by atoms with Gasteiger partial charge in [-0.05, 0) is 29.3 Å². The molecular weight excluding hydrogens is 545 g/mol. The molecule has 2 aromatic heterocycles. The number of benzene rings is 3. The van der Waals surface area contributed by atoms with Gasteiger partial charge < -0.3 is 5.32 Å². The van der Waals surface area contributed by atoms with Crippen molar-refractivity contribution in [2.75, 3.05) is 0 Å². The van der Waals surface area contributed by atoms with E-state index in [1.807, 2.05) is 65.2 Å². The van der Waals surface area contributed by atoms with Crippen LogP contribution in [0.15, 0.2) is 89.4 Å². The maximum Gasteiger partial charge on any atom is 0.271 e. The highest BCUT2D eigenvalue weighted by Crippen LogP contribution is 2.30. The summed E-state index contributed by atoms with van der Waals surface area (Å²) in [6.45, 7) is 0.457. The number of nitrogens with one attached hydrogen (secondary N) is 1. The van der Waals surface area contributed by atoms with E-state index in [1.165, 1.54) is 23.1 Å². The van der Waals surface area contributed by atoms with E-state index in [0.717, 1.165) is 27.6 Å². The number of hydrogen-bond acceptors (Lipinski definition) is 6. The number of nitrogens with zero attached hydrogens (tertiary/aromatic N) is 4. The highest BCUT2D eigenvalue weighted by atomic mass is 35.5. The highest BCUT2D eigenvalue weighted by molar-refractivity contribution is 7.98. The van der Waals surface area contributed by atoms with Crippen molar-refractivity contribution in [2.24, 2.45) is 0 Å². The lowest BCUT2D eigenvalue weighted by Gasteiger charge is -2.11. The molecule has 0 unspecified atom stereocenters. The van der Waals surface area contributed by atoms with Gasteiger partial charge in [0.25, 0.3) is 5.91 Å². The molecule has 0 aliphatic carbocycles. The van der Waals surface area contributed by atoms with Crippen molar-refractivity contribution in [1.29, 1.82) is 0 Å². The first kappa shape index (κ1) is 25.5. The Kier molecular flexibility index (Phi) is 8.21. The molecule has 37 heavy (non-hydrogen) atoms. The lowest BCUT2D eigenvalue weighted by atomic mass is 10.1. The Hall–Kier alpha value is -3.17. The summed E-state index contributed by atoms with van der Waals surface area (Å²) in [4.78, 5) is 17.1. The Morgan fingerprint density at radius 1 is 0.919 bits per heavy atom. The minimum atomic E-state index is -0.194. The first-order chi connectivity index (χ1) is 18.1. The summed E-state index contributed by atoms with van der Waals surface area (Å²) in [5.41, 5.74) is 3.40. The van der Waals surface area contributed by atoms with Crippen LogP contribution in [0.4, 0.5) is 0 Å². The molecule has 0 spiro atoms. The van der Waals surface area contributed by atoms with Gasteiger partial charge in [0.1, 0.15) is 16.5 Å². The summed E-state index contributed by atoms with van der Waals surface area (Å²) in [7, 11) is 0. The van der Waals surface area contributed by atoms with Gasteiger partial charge in [0.05, 0.1) is 21.5 Å². The Morgan fingerprint density at radius 3 is 2.38 bits per heavy atom. The zero-order valence-corrected chi connectivity index (χ0v) is 22.6. The quantitative estimate of drug-likeness (QED) is 0.198. The molecule has 1 amide bonds. The Labute approximate surface area is 232 Å². The second-order valence-corrected chi connectivity index (χ2v) is 10.8. The van der Waals surface area contributed by atoms with Gasteiger partial charge in [0, 0.05) is 18.3 Å². The van der Waals surface area contributed by atoms with E-state index in [2.05, 4.69) is 32.6 Å². The van der Waals surface area contributed by atoms with Gasteiger partial charge in [0.15, 0.2) is 5.16 Å². The number of hydrogen-bond donors (Lipinski definition) is 1. The van der Waals surface area contributed by atoms with Gasteiger partial charge in [-0.2, -0.15) is 0 Å². The SMILES string of the molecule is O=C(NCc1ccccc1)c1csc(CSc2nnc(Cc3ccccc3)n2-c2ccc(Cl)c(Cl)c2)n1. The molecule has 0 bridgehead atoms. The number of thioether (sulfide) groups is 1. The topological polar surface area (TPSA) is 72.7 Å². The van der Waals surface area contributed by atoms with Crippen molar-refractivity contribution in [2.45, 2.75) is 23.9 Å². The highest BCUT2D eigenvalue weighted by Gasteiger charge is 2.18. The Morgan fingerprint density at radius 2 is 1.65 bits per heavy atom. The molecule has 0 saturated heterocycles. The first-order valence-corrected chi connectivity index (χ1v) is 14.0. The fourth-order valence-electron chi connectivity index (χ4n) is 3.65. The van der Waals surface area contributed by atoms with Crippen molar-refractivity contribution in [3.63, 3.8) is 0 Å². The molecule has 186 valence electrons. The maximum atomic E-state index is 12.6. The summed E-state index contributed by atoms with van der Waals surface area (Å²) >= 11 is 15.4. The number of thiazole rings is 1. The van der Waals surface area contributed by atoms with Gasteiger partial charge in [0.2, 0.25) is 0 Å². The summed E-state index contributed by atoms with van der Waals surface area (Å²) < 4.78 is 1.99. The van der Waals surface area contributed by atoms with Crippen LogP contribution < -0.4 is 5.32 Å². The van der Waals surface area contributed by atoms with E-state index in [-0.39, 0.29) is 5.91 Å². The third-order valence-corrected chi connectivity index (χ3v) is 8.18. The molecule has 6 nitrogen and oxygen atoms in total. The van der Waals surface area contributed by atoms with E-state index in [0.29, 0.717) is 39.6 Å². The van der Waals surface area contributed by atoms with E-state index in [9.17, 15) is 4.79 Å². The molecule has 0 fully saturated rings. The Balaban J connectivity index is 1.32. The number of carbonyl (C=O) groups is 1. The molecule has 2 heterocycles. The first-order valence-electron chi connectivity index (χ1n) is 11.4. The molecule has 0 aliphatic rings. The van der Waals surface area contributed by atoms with Gasteiger partial charge >= 0.3 is 0 Å². The molecule has 10 heteroatoms. The minimum Gasteiger partial charge on any atom is -0.347 e. The van der Waals surface area contributed by atoms with E-state index >= 15 is 0 Å². The number of rotatable bonds is 9. The zero-order valence-electron chi connectivity index (χ0n) is 19.5. The van der Waals surface area contributed by atoms with Crippen LogP contribution in [-0.2, 0) is 18.7 Å².